The van der Waals surface area contributed by atoms with Crippen molar-refractivity contribution in [1.29, 1.82) is 0 Å². The highest BCUT2D eigenvalue weighted by Gasteiger charge is 2.13. The van der Waals surface area contributed by atoms with E-state index >= 15 is 0 Å². The molecule has 0 bridgehead atoms. The van der Waals surface area contributed by atoms with Gasteiger partial charge in [-0.25, -0.2) is 4.98 Å². The van der Waals surface area contributed by atoms with Gasteiger partial charge in [0, 0.05) is 25.3 Å². The summed E-state index contributed by atoms with van der Waals surface area (Å²) in [4.78, 5) is 11.3. The summed E-state index contributed by atoms with van der Waals surface area (Å²) in [5, 5.41) is 3.29. The van der Waals surface area contributed by atoms with Crippen molar-refractivity contribution in [1.82, 2.24) is 9.97 Å². The first-order chi connectivity index (χ1) is 10.6. The summed E-state index contributed by atoms with van der Waals surface area (Å²) in [6.07, 6.45) is 1.82. The molecular formula is C18H26N4. The summed E-state index contributed by atoms with van der Waals surface area (Å²) in [5.41, 5.74) is 1.28. The first-order valence-electron chi connectivity index (χ1n) is 7.93. The zero-order chi connectivity index (χ0) is 15.9. The molecule has 0 atom stereocenters. The van der Waals surface area contributed by atoms with Gasteiger partial charge in [0.05, 0.1) is 0 Å². The molecule has 22 heavy (non-hydrogen) atoms. The Morgan fingerprint density at radius 3 is 2.41 bits per heavy atom. The fraction of sp³-hybridized carbons (Fsp3) is 0.444. The Bertz CT molecular complexity index is 566. The van der Waals surface area contributed by atoms with Crippen LogP contribution in [0.4, 0.5) is 11.8 Å². The molecule has 1 N–H and O–H groups in total. The molecule has 1 heterocycles. The van der Waals surface area contributed by atoms with Gasteiger partial charge in [-0.15, -0.1) is 0 Å². The smallest absolute Gasteiger partial charge is 0.224 e. The number of rotatable bonds is 7. The molecule has 0 radical (unpaired) electrons. The molecule has 0 aliphatic carbocycles. The Hall–Kier alpha value is -2.10. The van der Waals surface area contributed by atoms with Crippen molar-refractivity contribution in [2.24, 2.45) is 5.92 Å². The molecule has 0 saturated heterocycles. The maximum absolute atomic E-state index is 4.67. The van der Waals surface area contributed by atoms with Gasteiger partial charge in [0.15, 0.2) is 0 Å². The van der Waals surface area contributed by atoms with E-state index in [1.54, 1.807) is 0 Å². The highest BCUT2D eigenvalue weighted by Crippen LogP contribution is 2.18. The molecule has 4 heteroatoms. The van der Waals surface area contributed by atoms with Crippen LogP contribution in [0.25, 0.3) is 0 Å². The summed E-state index contributed by atoms with van der Waals surface area (Å²) in [6, 6.07) is 12.8. The molecule has 0 amide bonds. The van der Waals surface area contributed by atoms with Gasteiger partial charge < -0.3 is 10.2 Å². The van der Waals surface area contributed by atoms with Crippen LogP contribution in [-0.4, -0.2) is 22.6 Å². The minimum atomic E-state index is 0.369. The number of aromatic nitrogens is 2. The van der Waals surface area contributed by atoms with Crippen molar-refractivity contribution in [3.63, 3.8) is 0 Å². The maximum Gasteiger partial charge on any atom is 0.224 e. The second kappa shape index (κ2) is 7.78. The van der Waals surface area contributed by atoms with Crippen molar-refractivity contribution in [2.45, 2.75) is 40.3 Å². The number of anilines is 2. The first-order valence-corrected chi connectivity index (χ1v) is 7.93. The number of benzene rings is 1. The summed E-state index contributed by atoms with van der Waals surface area (Å²) < 4.78 is 0. The largest absolute Gasteiger partial charge is 0.354 e. The van der Waals surface area contributed by atoms with Gasteiger partial charge in [-0.1, -0.05) is 44.2 Å². The Balaban J connectivity index is 2.16. The van der Waals surface area contributed by atoms with Gasteiger partial charge in [-0.3, -0.25) is 0 Å². The average Bonchev–Trinajstić information content (AvgIpc) is 2.51. The lowest BCUT2D eigenvalue weighted by atomic mass is 10.2. The van der Waals surface area contributed by atoms with Crippen LogP contribution in [0.5, 0.6) is 0 Å². The van der Waals surface area contributed by atoms with Crippen LogP contribution in [0.1, 0.15) is 33.3 Å². The van der Waals surface area contributed by atoms with Crippen LogP contribution in [0.3, 0.4) is 0 Å². The summed E-state index contributed by atoms with van der Waals surface area (Å²) >= 11 is 0. The average molecular weight is 298 g/mol. The van der Waals surface area contributed by atoms with E-state index < -0.39 is 0 Å². The van der Waals surface area contributed by atoms with Crippen molar-refractivity contribution < 1.29 is 0 Å². The molecule has 1 aromatic heterocycles. The summed E-state index contributed by atoms with van der Waals surface area (Å²) in [7, 11) is 0. The Kier molecular flexibility index (Phi) is 5.75. The predicted molar refractivity (Wildman–Crippen MR) is 93.1 cm³/mol. The van der Waals surface area contributed by atoms with Crippen LogP contribution in [0.2, 0.25) is 0 Å². The third-order valence-electron chi connectivity index (χ3n) is 3.42. The van der Waals surface area contributed by atoms with Crippen LogP contribution in [-0.2, 0) is 6.54 Å². The molecule has 0 saturated carbocycles. The minimum absolute atomic E-state index is 0.369. The Morgan fingerprint density at radius 2 is 1.77 bits per heavy atom. The lowest BCUT2D eigenvalue weighted by Crippen LogP contribution is -2.31. The highest BCUT2D eigenvalue weighted by atomic mass is 15.2. The Labute approximate surface area is 133 Å². The van der Waals surface area contributed by atoms with Crippen molar-refractivity contribution >= 4 is 11.8 Å². The third-order valence-corrected chi connectivity index (χ3v) is 3.42. The van der Waals surface area contributed by atoms with Crippen LogP contribution in [0, 0.1) is 5.92 Å². The lowest BCUT2D eigenvalue weighted by molar-refractivity contribution is 0.667. The van der Waals surface area contributed by atoms with E-state index in [0.29, 0.717) is 17.9 Å². The van der Waals surface area contributed by atoms with E-state index in [0.717, 1.165) is 18.9 Å². The van der Waals surface area contributed by atoms with Gasteiger partial charge in [-0.2, -0.15) is 4.98 Å². The van der Waals surface area contributed by atoms with Crippen molar-refractivity contribution in [3.05, 3.63) is 48.2 Å². The summed E-state index contributed by atoms with van der Waals surface area (Å²) in [6.45, 7) is 10.4. The van der Waals surface area contributed by atoms with E-state index in [4.69, 9.17) is 0 Å². The molecule has 0 aliphatic rings. The SMILES string of the molecule is CC(C)CNc1nccc(N(Cc2ccccc2)C(C)C)n1. The predicted octanol–water partition coefficient (Wildman–Crippen LogP) is 3.96. The molecule has 118 valence electrons. The molecule has 0 spiro atoms. The van der Waals surface area contributed by atoms with E-state index in [1.165, 1.54) is 5.56 Å². The minimum Gasteiger partial charge on any atom is -0.354 e. The highest BCUT2D eigenvalue weighted by molar-refractivity contribution is 5.44. The molecule has 1 aromatic carbocycles. The standard InChI is InChI=1S/C18H26N4/c1-14(2)12-20-18-19-11-10-17(21-18)22(15(3)4)13-16-8-6-5-7-9-16/h5-11,14-15H,12-13H2,1-4H3,(H,19,20,21). The number of hydrogen-bond donors (Lipinski definition) is 1. The molecule has 2 aromatic rings. The fourth-order valence-electron chi connectivity index (χ4n) is 2.20. The molecule has 2 rings (SSSR count). The first kappa shape index (κ1) is 16.3. The molecule has 0 aliphatic heterocycles. The van der Waals surface area contributed by atoms with Gasteiger partial charge >= 0.3 is 0 Å². The van der Waals surface area contributed by atoms with Gasteiger partial charge in [-0.05, 0) is 31.4 Å². The molecule has 4 nitrogen and oxygen atoms in total. The molecular weight excluding hydrogens is 272 g/mol. The number of hydrogen-bond acceptors (Lipinski definition) is 4. The third kappa shape index (κ3) is 4.72. The van der Waals surface area contributed by atoms with Crippen LogP contribution >= 0.6 is 0 Å². The number of nitrogens with one attached hydrogen (secondary N) is 1. The zero-order valence-electron chi connectivity index (χ0n) is 14.0. The van der Waals surface area contributed by atoms with Crippen LogP contribution in [0.15, 0.2) is 42.6 Å². The molecule has 0 unspecified atom stereocenters. The van der Waals surface area contributed by atoms with Crippen molar-refractivity contribution in [2.75, 3.05) is 16.8 Å². The van der Waals surface area contributed by atoms with Crippen molar-refractivity contribution in [3.8, 4) is 0 Å². The second-order valence-corrected chi connectivity index (χ2v) is 6.22. The monoisotopic (exact) mass is 298 g/mol. The zero-order valence-corrected chi connectivity index (χ0v) is 14.0. The van der Waals surface area contributed by atoms with E-state index in [-0.39, 0.29) is 0 Å². The lowest BCUT2D eigenvalue weighted by Gasteiger charge is -2.28. The number of nitrogens with zero attached hydrogens (tertiary/aromatic N) is 3. The maximum atomic E-state index is 4.67. The Morgan fingerprint density at radius 1 is 1.05 bits per heavy atom. The van der Waals surface area contributed by atoms with Gasteiger partial charge in [0.25, 0.3) is 0 Å². The van der Waals surface area contributed by atoms with E-state index in [2.05, 4.69) is 72.1 Å². The topological polar surface area (TPSA) is 41.1 Å². The fourth-order valence-corrected chi connectivity index (χ4v) is 2.20. The quantitative estimate of drug-likeness (QED) is 0.840. The van der Waals surface area contributed by atoms with Gasteiger partial charge in [0.1, 0.15) is 5.82 Å². The normalized spacial score (nSPS) is 11.0. The van der Waals surface area contributed by atoms with Gasteiger partial charge in [0.2, 0.25) is 5.95 Å². The molecule has 0 fully saturated rings. The second-order valence-electron chi connectivity index (χ2n) is 6.22. The van der Waals surface area contributed by atoms with E-state index in [1.807, 2.05) is 18.3 Å². The van der Waals surface area contributed by atoms with Crippen LogP contribution < -0.4 is 10.2 Å². The summed E-state index contributed by atoms with van der Waals surface area (Å²) in [5.74, 6) is 2.22. The van der Waals surface area contributed by atoms with E-state index in [9.17, 15) is 0 Å².